The van der Waals surface area contributed by atoms with Crippen LogP contribution in [0.25, 0.3) is 0 Å². The van der Waals surface area contributed by atoms with E-state index >= 15 is 0 Å². The summed E-state index contributed by atoms with van der Waals surface area (Å²) in [6.45, 7) is 2.57. The number of aromatic nitrogens is 1. The number of aryl methyl sites for hydroxylation is 1. The van der Waals surface area contributed by atoms with Crippen molar-refractivity contribution < 1.29 is 4.74 Å². The quantitative estimate of drug-likeness (QED) is 0.772. The summed E-state index contributed by atoms with van der Waals surface area (Å²) in [5.41, 5.74) is 1.03. The number of nitrogens with zero attached hydrogens (tertiary/aromatic N) is 1. The lowest BCUT2D eigenvalue weighted by Gasteiger charge is -2.13. The van der Waals surface area contributed by atoms with E-state index in [9.17, 15) is 0 Å². The van der Waals surface area contributed by atoms with Gasteiger partial charge in [-0.3, -0.25) is 0 Å². The first-order valence-electron chi connectivity index (χ1n) is 4.00. The summed E-state index contributed by atoms with van der Waals surface area (Å²) in [4.78, 5) is 4.27. The molecule has 0 saturated heterocycles. The van der Waals surface area contributed by atoms with Crippen LogP contribution in [0.2, 0.25) is 0 Å². The third-order valence-corrected chi connectivity index (χ3v) is 2.76. The summed E-state index contributed by atoms with van der Waals surface area (Å²) in [7, 11) is 1.66. The summed E-state index contributed by atoms with van der Waals surface area (Å²) < 4.78 is 5.00. The Balaban J connectivity index is 2.46. The molecule has 0 fully saturated rings. The van der Waals surface area contributed by atoms with Crippen LogP contribution in [-0.2, 0) is 4.74 Å². The highest BCUT2D eigenvalue weighted by Gasteiger charge is 2.08. The lowest BCUT2D eigenvalue weighted by Crippen LogP contribution is -2.26. The predicted octanol–water partition coefficient (Wildman–Crippen LogP) is 2.12. The summed E-state index contributed by atoms with van der Waals surface area (Å²) in [6, 6.07) is 0.136. The standard InChI is InChI=1S/C8H13ClN2OS/c1-6-5-13-8(10-6)11-7(3-9)4-12-2/h5,7H,3-4H2,1-2H3,(H,10,11). The zero-order valence-corrected chi connectivity index (χ0v) is 9.28. The maximum atomic E-state index is 5.74. The largest absolute Gasteiger partial charge is 0.383 e. The summed E-state index contributed by atoms with van der Waals surface area (Å²) >= 11 is 7.32. The molecule has 0 radical (unpaired) electrons. The Bertz CT molecular complexity index is 254. The molecule has 1 aromatic heterocycles. The summed E-state index contributed by atoms with van der Waals surface area (Å²) in [5, 5.41) is 6.10. The molecule has 0 amide bonds. The molecule has 0 aliphatic carbocycles. The van der Waals surface area contributed by atoms with Crippen molar-refractivity contribution in [2.24, 2.45) is 0 Å². The average molecular weight is 221 g/mol. The second kappa shape index (κ2) is 5.42. The van der Waals surface area contributed by atoms with Gasteiger partial charge in [-0.1, -0.05) is 0 Å². The molecule has 1 rings (SSSR count). The summed E-state index contributed by atoms with van der Waals surface area (Å²) in [5.74, 6) is 0.520. The minimum atomic E-state index is 0.136. The smallest absolute Gasteiger partial charge is 0.183 e. The SMILES string of the molecule is COCC(CCl)Nc1nc(C)cs1. The first-order chi connectivity index (χ1) is 6.26. The number of hydrogen-bond donors (Lipinski definition) is 1. The van der Waals surface area contributed by atoms with E-state index in [4.69, 9.17) is 16.3 Å². The molecule has 0 aliphatic rings. The maximum absolute atomic E-state index is 5.74. The van der Waals surface area contributed by atoms with Gasteiger partial charge in [0.25, 0.3) is 0 Å². The normalized spacial score (nSPS) is 12.8. The van der Waals surface area contributed by atoms with Crippen molar-refractivity contribution in [1.82, 2.24) is 4.98 Å². The van der Waals surface area contributed by atoms with Crippen LogP contribution in [0, 0.1) is 6.92 Å². The van der Waals surface area contributed by atoms with E-state index in [0.717, 1.165) is 10.8 Å². The molecule has 1 aromatic rings. The molecule has 13 heavy (non-hydrogen) atoms. The molecule has 0 aromatic carbocycles. The van der Waals surface area contributed by atoms with Crippen LogP contribution in [0.4, 0.5) is 5.13 Å². The number of ether oxygens (including phenoxy) is 1. The average Bonchev–Trinajstić information content (AvgIpc) is 2.50. The summed E-state index contributed by atoms with van der Waals surface area (Å²) in [6.07, 6.45) is 0. The maximum Gasteiger partial charge on any atom is 0.183 e. The highest BCUT2D eigenvalue weighted by molar-refractivity contribution is 7.13. The lowest BCUT2D eigenvalue weighted by molar-refractivity contribution is 0.191. The highest BCUT2D eigenvalue weighted by Crippen LogP contribution is 2.15. The number of halogens is 1. The molecule has 0 bridgehead atoms. The van der Waals surface area contributed by atoms with Gasteiger partial charge in [0.1, 0.15) is 0 Å². The van der Waals surface area contributed by atoms with Crippen LogP contribution in [-0.4, -0.2) is 30.6 Å². The molecule has 0 aliphatic heterocycles. The Morgan fingerprint density at radius 1 is 1.77 bits per heavy atom. The van der Waals surface area contributed by atoms with Gasteiger partial charge >= 0.3 is 0 Å². The van der Waals surface area contributed by atoms with E-state index in [2.05, 4.69) is 10.3 Å². The van der Waals surface area contributed by atoms with Crippen molar-refractivity contribution in [3.05, 3.63) is 11.1 Å². The molecule has 0 spiro atoms. The fraction of sp³-hybridized carbons (Fsp3) is 0.625. The van der Waals surface area contributed by atoms with E-state index in [1.54, 1.807) is 18.4 Å². The third kappa shape index (κ3) is 3.50. The van der Waals surface area contributed by atoms with Crippen molar-refractivity contribution in [2.45, 2.75) is 13.0 Å². The Kier molecular flexibility index (Phi) is 4.48. The van der Waals surface area contributed by atoms with Gasteiger partial charge in [-0.05, 0) is 6.92 Å². The number of methoxy groups -OCH3 is 1. The Morgan fingerprint density at radius 2 is 2.54 bits per heavy atom. The van der Waals surface area contributed by atoms with Crippen LogP contribution in [0.1, 0.15) is 5.69 Å². The minimum absolute atomic E-state index is 0.136. The second-order valence-electron chi connectivity index (χ2n) is 2.74. The van der Waals surface area contributed by atoms with E-state index < -0.39 is 0 Å². The molecular formula is C8H13ClN2OS. The molecule has 1 atom stereocenters. The first kappa shape index (κ1) is 10.8. The van der Waals surface area contributed by atoms with Gasteiger partial charge in [0, 0.05) is 18.4 Å². The van der Waals surface area contributed by atoms with E-state index in [-0.39, 0.29) is 6.04 Å². The molecule has 0 saturated carbocycles. The molecule has 3 nitrogen and oxygen atoms in total. The van der Waals surface area contributed by atoms with Gasteiger partial charge in [0.15, 0.2) is 5.13 Å². The van der Waals surface area contributed by atoms with Gasteiger partial charge < -0.3 is 10.1 Å². The van der Waals surface area contributed by atoms with Gasteiger partial charge in [-0.2, -0.15) is 0 Å². The Hall–Kier alpha value is -0.320. The number of hydrogen-bond acceptors (Lipinski definition) is 4. The van der Waals surface area contributed by atoms with Crippen LogP contribution >= 0.6 is 22.9 Å². The minimum Gasteiger partial charge on any atom is -0.383 e. The molecule has 74 valence electrons. The topological polar surface area (TPSA) is 34.1 Å². The van der Waals surface area contributed by atoms with Crippen LogP contribution in [0.15, 0.2) is 5.38 Å². The molecule has 1 unspecified atom stereocenters. The van der Waals surface area contributed by atoms with Crippen LogP contribution in [0.3, 0.4) is 0 Å². The van der Waals surface area contributed by atoms with Crippen molar-refractivity contribution in [3.63, 3.8) is 0 Å². The number of thiazole rings is 1. The Labute approximate surface area is 87.1 Å². The van der Waals surface area contributed by atoms with Gasteiger partial charge in [-0.25, -0.2) is 4.98 Å². The molecular weight excluding hydrogens is 208 g/mol. The molecule has 1 N–H and O–H groups in total. The number of alkyl halides is 1. The number of nitrogens with one attached hydrogen (secondary N) is 1. The fourth-order valence-electron chi connectivity index (χ4n) is 0.921. The van der Waals surface area contributed by atoms with Crippen molar-refractivity contribution in [1.29, 1.82) is 0 Å². The second-order valence-corrected chi connectivity index (χ2v) is 3.91. The van der Waals surface area contributed by atoms with Gasteiger partial charge in [0.05, 0.1) is 18.3 Å². The van der Waals surface area contributed by atoms with Crippen molar-refractivity contribution >= 4 is 28.1 Å². The zero-order chi connectivity index (χ0) is 9.68. The van der Waals surface area contributed by atoms with E-state index in [1.165, 1.54) is 0 Å². The van der Waals surface area contributed by atoms with E-state index in [1.807, 2.05) is 12.3 Å². The predicted molar refractivity (Wildman–Crippen MR) is 56.9 cm³/mol. The van der Waals surface area contributed by atoms with Crippen molar-refractivity contribution in [2.75, 3.05) is 24.9 Å². The molecule has 5 heteroatoms. The lowest BCUT2D eigenvalue weighted by atomic mass is 10.4. The van der Waals surface area contributed by atoms with Crippen LogP contribution < -0.4 is 5.32 Å². The highest BCUT2D eigenvalue weighted by atomic mass is 35.5. The van der Waals surface area contributed by atoms with Crippen LogP contribution in [0.5, 0.6) is 0 Å². The first-order valence-corrected chi connectivity index (χ1v) is 5.41. The van der Waals surface area contributed by atoms with Crippen molar-refractivity contribution in [3.8, 4) is 0 Å². The molecule has 1 heterocycles. The number of anilines is 1. The van der Waals surface area contributed by atoms with Gasteiger partial charge in [-0.15, -0.1) is 22.9 Å². The monoisotopic (exact) mass is 220 g/mol. The Morgan fingerprint density at radius 3 is 3.00 bits per heavy atom. The fourth-order valence-corrected chi connectivity index (χ4v) is 1.85. The van der Waals surface area contributed by atoms with Gasteiger partial charge in [0.2, 0.25) is 0 Å². The number of rotatable bonds is 5. The zero-order valence-electron chi connectivity index (χ0n) is 7.71. The van der Waals surface area contributed by atoms with E-state index in [0.29, 0.717) is 12.5 Å². The third-order valence-electron chi connectivity index (χ3n) is 1.50.